The second-order valence-electron chi connectivity index (χ2n) is 5.00. The molecule has 2 heteroatoms. The molecule has 3 rings (SSSR count). The lowest BCUT2D eigenvalue weighted by atomic mass is 9.99. The maximum Gasteiger partial charge on any atom is 0.165 e. The van der Waals surface area contributed by atoms with E-state index in [0.29, 0.717) is 0 Å². The van der Waals surface area contributed by atoms with Crippen molar-refractivity contribution in [3.05, 3.63) is 58.7 Å². The number of fused-ring (bicyclic) bond motifs is 2. The second kappa shape index (κ2) is 5.03. The minimum absolute atomic E-state index is 0.911. The van der Waals surface area contributed by atoms with Crippen LogP contribution in [0, 0.1) is 0 Å². The lowest BCUT2D eigenvalue weighted by Gasteiger charge is -2.24. The van der Waals surface area contributed by atoms with Gasteiger partial charge in [0.05, 0.1) is 0 Å². The Morgan fingerprint density at radius 1 is 1.05 bits per heavy atom. The first-order chi connectivity index (χ1) is 9.24. The molecule has 2 aromatic rings. The van der Waals surface area contributed by atoms with Crippen LogP contribution in [-0.2, 0) is 30.4 Å². The molecule has 98 valence electrons. The molecule has 1 nitrogen and oxygen atoms in total. The van der Waals surface area contributed by atoms with Gasteiger partial charge in [-0.05, 0) is 24.5 Å². The van der Waals surface area contributed by atoms with Gasteiger partial charge in [-0.1, -0.05) is 44.2 Å². The van der Waals surface area contributed by atoms with Crippen molar-refractivity contribution < 1.29 is 4.55 Å². The summed E-state index contributed by atoms with van der Waals surface area (Å²) in [6.07, 6.45) is 2.85. The van der Waals surface area contributed by atoms with Crippen LogP contribution in [0.5, 0.6) is 0 Å². The summed E-state index contributed by atoms with van der Waals surface area (Å²) < 4.78 is 12.9. The molecule has 0 aromatic heterocycles. The van der Waals surface area contributed by atoms with Crippen molar-refractivity contribution in [3.8, 4) is 0 Å². The first-order valence-corrected chi connectivity index (χ1v) is 8.04. The summed E-state index contributed by atoms with van der Waals surface area (Å²) in [5, 5.41) is 0. The Hall–Kier alpha value is -1.25. The number of rotatable bonds is 2. The molecule has 1 unspecified atom stereocenters. The Bertz CT molecular complexity index is 619. The Morgan fingerprint density at radius 2 is 1.89 bits per heavy atom. The minimum Gasteiger partial charge on any atom is -0.606 e. The molecule has 1 heterocycles. The van der Waals surface area contributed by atoms with E-state index in [0.717, 1.165) is 29.1 Å². The summed E-state index contributed by atoms with van der Waals surface area (Å²) in [6, 6.07) is 12.7. The summed E-state index contributed by atoms with van der Waals surface area (Å²) in [4.78, 5) is 2.08. The third-order valence-electron chi connectivity index (χ3n) is 3.86. The third kappa shape index (κ3) is 2.09. The maximum atomic E-state index is 12.9. The molecule has 0 saturated carbocycles. The van der Waals surface area contributed by atoms with Gasteiger partial charge >= 0.3 is 0 Å². The first-order valence-electron chi connectivity index (χ1n) is 6.89. The van der Waals surface area contributed by atoms with E-state index >= 15 is 0 Å². The summed E-state index contributed by atoms with van der Waals surface area (Å²) in [5.74, 6) is 0. The van der Waals surface area contributed by atoms with E-state index < -0.39 is 11.2 Å². The Morgan fingerprint density at radius 3 is 2.63 bits per heavy atom. The average molecular weight is 270 g/mol. The summed E-state index contributed by atoms with van der Waals surface area (Å²) in [5.41, 5.74) is 4.94. The van der Waals surface area contributed by atoms with Gasteiger partial charge in [0.2, 0.25) is 0 Å². The highest BCUT2D eigenvalue weighted by molar-refractivity contribution is 7.91. The smallest absolute Gasteiger partial charge is 0.165 e. The first kappa shape index (κ1) is 12.8. The number of aryl methyl sites for hydroxylation is 2. The molecule has 19 heavy (non-hydrogen) atoms. The van der Waals surface area contributed by atoms with Crippen LogP contribution in [0.15, 0.2) is 46.2 Å². The zero-order valence-corrected chi connectivity index (χ0v) is 12.2. The zero-order valence-electron chi connectivity index (χ0n) is 11.4. The molecule has 0 spiro atoms. The van der Waals surface area contributed by atoms with Gasteiger partial charge in [0, 0.05) is 34.3 Å². The van der Waals surface area contributed by atoms with Crippen molar-refractivity contribution in [2.45, 2.75) is 42.9 Å². The fraction of sp³-hybridized carbons (Fsp3) is 0.294. The van der Waals surface area contributed by atoms with Gasteiger partial charge in [-0.3, -0.25) is 0 Å². The third-order valence-corrected chi connectivity index (χ3v) is 5.54. The molecular weight excluding hydrogens is 252 g/mol. The van der Waals surface area contributed by atoms with E-state index in [2.05, 4.69) is 50.2 Å². The quantitative estimate of drug-likeness (QED) is 0.759. The van der Waals surface area contributed by atoms with Crippen LogP contribution < -0.4 is 0 Å². The standard InChI is InChI=1S/C17H18OS/c1-3-12-8-9-14-11-15-7-5-6-13(4-2)17(15)19(18)16(14)10-12/h5-10H,3-4,11H2,1-2H3. The summed E-state index contributed by atoms with van der Waals surface area (Å²) >= 11 is -1.01. The van der Waals surface area contributed by atoms with E-state index in [1.54, 1.807) is 0 Å². The molecule has 0 aliphatic carbocycles. The molecule has 0 amide bonds. The lowest BCUT2D eigenvalue weighted by Crippen LogP contribution is -2.17. The predicted molar refractivity (Wildman–Crippen MR) is 79.1 cm³/mol. The fourth-order valence-electron chi connectivity index (χ4n) is 2.75. The van der Waals surface area contributed by atoms with Gasteiger partial charge in [-0.2, -0.15) is 0 Å². The van der Waals surface area contributed by atoms with Crippen molar-refractivity contribution >= 4 is 11.2 Å². The maximum absolute atomic E-state index is 12.9. The van der Waals surface area contributed by atoms with E-state index in [1.165, 1.54) is 22.3 Å². The van der Waals surface area contributed by atoms with Crippen molar-refractivity contribution in [1.29, 1.82) is 0 Å². The van der Waals surface area contributed by atoms with Gasteiger partial charge in [0.25, 0.3) is 0 Å². The topological polar surface area (TPSA) is 23.1 Å². The highest BCUT2D eigenvalue weighted by Crippen LogP contribution is 2.37. The molecule has 1 aliphatic heterocycles. The van der Waals surface area contributed by atoms with Gasteiger partial charge in [-0.15, -0.1) is 0 Å². The van der Waals surface area contributed by atoms with Gasteiger partial charge < -0.3 is 4.55 Å². The number of hydrogen-bond acceptors (Lipinski definition) is 1. The van der Waals surface area contributed by atoms with Gasteiger partial charge in [-0.25, -0.2) is 0 Å². The molecule has 2 aromatic carbocycles. The van der Waals surface area contributed by atoms with Crippen LogP contribution >= 0.6 is 0 Å². The van der Waals surface area contributed by atoms with Gasteiger partial charge in [0.1, 0.15) is 0 Å². The molecule has 1 aliphatic rings. The zero-order chi connectivity index (χ0) is 13.4. The molecule has 0 saturated heterocycles. The van der Waals surface area contributed by atoms with Crippen LogP contribution in [0.4, 0.5) is 0 Å². The van der Waals surface area contributed by atoms with E-state index in [-0.39, 0.29) is 0 Å². The number of benzene rings is 2. The average Bonchev–Trinajstić information content (AvgIpc) is 2.46. The molecule has 0 N–H and O–H groups in total. The number of hydrogen-bond donors (Lipinski definition) is 0. The molecule has 0 radical (unpaired) electrons. The molecule has 0 fully saturated rings. The van der Waals surface area contributed by atoms with Crippen molar-refractivity contribution in [1.82, 2.24) is 0 Å². The Balaban J connectivity index is 2.15. The predicted octanol–water partition coefficient (Wildman–Crippen LogP) is 3.88. The van der Waals surface area contributed by atoms with Crippen molar-refractivity contribution in [2.75, 3.05) is 0 Å². The lowest BCUT2D eigenvalue weighted by molar-refractivity contribution is 0.589. The normalized spacial score (nSPS) is 16.9. The fourth-order valence-corrected chi connectivity index (χ4v) is 4.43. The van der Waals surface area contributed by atoms with E-state index in [9.17, 15) is 4.55 Å². The van der Waals surface area contributed by atoms with Crippen LogP contribution in [0.1, 0.15) is 36.1 Å². The molecule has 1 atom stereocenters. The largest absolute Gasteiger partial charge is 0.606 e. The van der Waals surface area contributed by atoms with Crippen LogP contribution in [-0.4, -0.2) is 4.55 Å². The highest BCUT2D eigenvalue weighted by Gasteiger charge is 2.30. The SMILES string of the molecule is CCc1ccc2c(c1)[S+]([O-])c1c(CC)cccc1C2. The summed E-state index contributed by atoms with van der Waals surface area (Å²) in [7, 11) is 0. The Kier molecular flexibility index (Phi) is 3.38. The highest BCUT2D eigenvalue weighted by atomic mass is 32.2. The summed E-state index contributed by atoms with van der Waals surface area (Å²) in [6.45, 7) is 4.27. The van der Waals surface area contributed by atoms with E-state index in [1.807, 2.05) is 0 Å². The molecule has 0 bridgehead atoms. The van der Waals surface area contributed by atoms with Crippen LogP contribution in [0.2, 0.25) is 0 Å². The van der Waals surface area contributed by atoms with Crippen LogP contribution in [0.25, 0.3) is 0 Å². The minimum atomic E-state index is -1.01. The van der Waals surface area contributed by atoms with Crippen molar-refractivity contribution in [2.24, 2.45) is 0 Å². The second-order valence-corrected chi connectivity index (χ2v) is 6.39. The molecular formula is C17H18OS. The Labute approximate surface area is 117 Å². The van der Waals surface area contributed by atoms with Crippen molar-refractivity contribution in [3.63, 3.8) is 0 Å². The van der Waals surface area contributed by atoms with E-state index in [4.69, 9.17) is 0 Å². The monoisotopic (exact) mass is 270 g/mol. The van der Waals surface area contributed by atoms with Gasteiger partial charge in [0.15, 0.2) is 9.79 Å². The van der Waals surface area contributed by atoms with Crippen LogP contribution in [0.3, 0.4) is 0 Å².